The fourth-order valence-corrected chi connectivity index (χ4v) is 24.9. The molecule has 1 amide bonds. The third kappa shape index (κ3) is 10.2. The molecule has 0 radical (unpaired) electrons. The van der Waals surface area contributed by atoms with Gasteiger partial charge in [0.25, 0.3) is 0 Å². The Bertz CT molecular complexity index is 756. The summed E-state index contributed by atoms with van der Waals surface area (Å²) in [6.45, 7) is 22.3. The molecule has 36 heavy (non-hydrogen) atoms. The molecule has 0 N–H and O–H groups in total. The first-order valence-electron chi connectivity index (χ1n) is 14.7. The molecule has 1 aromatic carbocycles. The molecule has 0 bridgehead atoms. The Morgan fingerprint density at radius 2 is 1.31 bits per heavy atom. The first-order chi connectivity index (χ1) is 16.9. The molecule has 0 aliphatic rings. The predicted octanol–water partition coefficient (Wildman–Crippen LogP) is 10.2. The van der Waals surface area contributed by atoms with E-state index in [1.54, 1.807) is 0 Å². The van der Waals surface area contributed by atoms with Gasteiger partial charge in [0.2, 0.25) is 0 Å². The summed E-state index contributed by atoms with van der Waals surface area (Å²) in [7, 11) is -1.91. The fourth-order valence-electron chi connectivity index (χ4n) is 5.47. The Morgan fingerprint density at radius 3 is 1.67 bits per heavy atom. The number of hydrogen-bond acceptors (Lipinski definition) is 2. The molecule has 1 rings (SSSR count). The van der Waals surface area contributed by atoms with Crippen molar-refractivity contribution in [3.8, 4) is 0 Å². The van der Waals surface area contributed by atoms with E-state index in [2.05, 4.69) is 105 Å². The molecular formula is C31H57NO2SiSn. The van der Waals surface area contributed by atoms with Crippen LogP contribution in [-0.2, 0) is 4.74 Å². The number of hydrogen-bond donors (Lipinski definition) is 0. The summed E-state index contributed by atoms with van der Waals surface area (Å²) in [5, 5.41) is 0.984. The molecular weight excluding hydrogens is 565 g/mol. The van der Waals surface area contributed by atoms with Crippen molar-refractivity contribution in [3.63, 3.8) is 0 Å². The summed E-state index contributed by atoms with van der Waals surface area (Å²) >= 11 is -2.74. The molecule has 1 aromatic rings. The average Bonchev–Trinajstić information content (AvgIpc) is 2.81. The number of amides is 1. The SMILES string of the molecule is CCC[CH2][Sn]([CH2]CCC)([CH2]CCC)[C@H](/C=C(/OC(=O)N(C(C)C)C(C)C)[Si](C)(C)C)c1ccccc1. The van der Waals surface area contributed by atoms with Crippen LogP contribution >= 0.6 is 0 Å². The van der Waals surface area contributed by atoms with Crippen LogP contribution in [0, 0.1) is 0 Å². The van der Waals surface area contributed by atoms with Gasteiger partial charge in [0, 0.05) is 0 Å². The molecule has 3 nitrogen and oxygen atoms in total. The van der Waals surface area contributed by atoms with E-state index < -0.39 is 26.5 Å². The number of rotatable bonds is 16. The third-order valence-electron chi connectivity index (χ3n) is 7.48. The van der Waals surface area contributed by atoms with Gasteiger partial charge < -0.3 is 0 Å². The molecule has 0 aliphatic carbocycles. The predicted molar refractivity (Wildman–Crippen MR) is 164 cm³/mol. The van der Waals surface area contributed by atoms with Crippen molar-refractivity contribution < 1.29 is 9.53 Å². The maximum atomic E-state index is 13.5. The Morgan fingerprint density at radius 1 is 0.861 bits per heavy atom. The second-order valence-electron chi connectivity index (χ2n) is 12.3. The molecule has 206 valence electrons. The summed E-state index contributed by atoms with van der Waals surface area (Å²) in [5.74, 6) is 0. The Kier molecular flexibility index (Phi) is 15.0. The van der Waals surface area contributed by atoms with Crippen LogP contribution in [0.15, 0.2) is 41.8 Å². The summed E-state index contributed by atoms with van der Waals surface area (Å²) in [6, 6.07) is 11.4. The van der Waals surface area contributed by atoms with Crippen LogP contribution in [0.3, 0.4) is 0 Å². The second kappa shape index (κ2) is 16.3. The van der Waals surface area contributed by atoms with E-state index in [0.29, 0.717) is 3.93 Å². The quantitative estimate of drug-likeness (QED) is 0.136. The molecule has 0 spiro atoms. The first-order valence-corrected chi connectivity index (χ1v) is 25.9. The van der Waals surface area contributed by atoms with Gasteiger partial charge in [-0.15, -0.1) is 0 Å². The van der Waals surface area contributed by atoms with Crippen molar-refractivity contribution in [3.05, 3.63) is 47.4 Å². The van der Waals surface area contributed by atoms with Crippen LogP contribution in [0.5, 0.6) is 0 Å². The van der Waals surface area contributed by atoms with E-state index in [-0.39, 0.29) is 18.2 Å². The van der Waals surface area contributed by atoms with Crippen LogP contribution in [0.2, 0.25) is 33.0 Å². The fraction of sp³-hybridized carbons (Fsp3) is 0.710. The number of benzene rings is 1. The third-order valence-corrected chi connectivity index (χ3v) is 26.0. The van der Waals surface area contributed by atoms with E-state index in [1.807, 2.05) is 4.90 Å². The van der Waals surface area contributed by atoms with Crippen molar-refractivity contribution in [1.82, 2.24) is 4.90 Å². The van der Waals surface area contributed by atoms with Gasteiger partial charge in [-0.1, -0.05) is 0 Å². The van der Waals surface area contributed by atoms with Gasteiger partial charge in [-0.25, -0.2) is 0 Å². The molecule has 5 heteroatoms. The minimum atomic E-state index is -2.74. The van der Waals surface area contributed by atoms with Gasteiger partial charge in [0.1, 0.15) is 0 Å². The van der Waals surface area contributed by atoms with E-state index >= 15 is 0 Å². The Hall–Kier alpha value is -0.754. The minimum absolute atomic E-state index is 0.113. The first kappa shape index (κ1) is 33.3. The summed E-state index contributed by atoms with van der Waals surface area (Å²) in [6.07, 6.45) is 10.1. The number of nitrogens with zero attached hydrogens (tertiary/aromatic N) is 1. The Labute approximate surface area is 229 Å². The van der Waals surface area contributed by atoms with E-state index in [0.717, 1.165) is 5.38 Å². The molecule has 0 saturated carbocycles. The zero-order chi connectivity index (χ0) is 27.4. The number of allylic oxidation sites excluding steroid dienone is 1. The summed E-state index contributed by atoms with van der Waals surface area (Å²) in [5.41, 5.74) is 1.45. The van der Waals surface area contributed by atoms with Gasteiger partial charge in [0.15, 0.2) is 0 Å². The van der Waals surface area contributed by atoms with Crippen LogP contribution < -0.4 is 0 Å². The molecule has 0 saturated heterocycles. The molecule has 0 fully saturated rings. The van der Waals surface area contributed by atoms with Crippen molar-refractivity contribution in [2.24, 2.45) is 0 Å². The monoisotopic (exact) mass is 623 g/mol. The van der Waals surface area contributed by atoms with Crippen LogP contribution in [0.25, 0.3) is 0 Å². The van der Waals surface area contributed by atoms with Gasteiger partial charge in [-0.05, 0) is 0 Å². The normalized spacial score (nSPS) is 13.8. The molecule has 1 atom stereocenters. The second-order valence-corrected chi connectivity index (χ2v) is 31.1. The zero-order valence-electron chi connectivity index (χ0n) is 25.3. The van der Waals surface area contributed by atoms with Crippen LogP contribution in [-0.4, -0.2) is 49.5 Å². The number of ether oxygens (including phenoxy) is 1. The summed E-state index contributed by atoms with van der Waals surface area (Å²) < 4.78 is 11.1. The Balaban J connectivity index is 3.74. The average molecular weight is 623 g/mol. The van der Waals surface area contributed by atoms with E-state index in [1.165, 1.54) is 57.4 Å². The van der Waals surface area contributed by atoms with E-state index in [4.69, 9.17) is 4.74 Å². The maximum absolute atomic E-state index is 13.5. The zero-order valence-corrected chi connectivity index (χ0v) is 29.2. The van der Waals surface area contributed by atoms with Crippen molar-refractivity contribution >= 4 is 32.5 Å². The van der Waals surface area contributed by atoms with Crippen molar-refractivity contribution in [1.29, 1.82) is 0 Å². The van der Waals surface area contributed by atoms with Gasteiger partial charge >= 0.3 is 230 Å². The summed E-state index contributed by atoms with van der Waals surface area (Å²) in [4.78, 5) is 15.4. The van der Waals surface area contributed by atoms with Crippen LogP contribution in [0.1, 0.15) is 96.5 Å². The van der Waals surface area contributed by atoms with E-state index in [9.17, 15) is 4.79 Å². The molecule has 0 aromatic heterocycles. The number of unbranched alkanes of at least 4 members (excludes halogenated alkanes) is 3. The molecule has 0 unspecified atom stereocenters. The van der Waals surface area contributed by atoms with Crippen LogP contribution in [0.4, 0.5) is 4.79 Å². The molecule has 0 aliphatic heterocycles. The number of carbonyl (C=O) groups excluding carboxylic acids is 1. The number of carbonyl (C=O) groups is 1. The van der Waals surface area contributed by atoms with Gasteiger partial charge in [0.05, 0.1) is 0 Å². The standard InChI is InChI=1S/C19H30NO2Si.3C4H9.Sn/c1-15(2)20(16(3)4)19(21)22-18(23(5,6)7)14-13-17-11-9-8-10-12-17;3*1-3-4-2;/h8-16H,1-7H3;3*1,3-4H2,2H3;/b18-14-;;;;. The topological polar surface area (TPSA) is 29.5 Å². The van der Waals surface area contributed by atoms with Crippen molar-refractivity contribution in [2.45, 2.75) is 136 Å². The van der Waals surface area contributed by atoms with Gasteiger partial charge in [-0.3, -0.25) is 0 Å². The molecule has 0 heterocycles. The van der Waals surface area contributed by atoms with Crippen molar-refractivity contribution in [2.75, 3.05) is 0 Å². The van der Waals surface area contributed by atoms with Gasteiger partial charge in [-0.2, -0.15) is 0 Å².